The van der Waals surface area contributed by atoms with Crippen molar-refractivity contribution in [1.29, 1.82) is 0 Å². The number of hydrogen-bond donors (Lipinski definition) is 2. The Balaban J connectivity index is 1.53. The van der Waals surface area contributed by atoms with E-state index in [4.69, 9.17) is 15.2 Å². The van der Waals surface area contributed by atoms with Crippen LogP contribution in [0.4, 0.5) is 0 Å². The maximum Gasteiger partial charge on any atom is 0.119 e. The van der Waals surface area contributed by atoms with Crippen molar-refractivity contribution in [1.82, 2.24) is 0 Å². The minimum absolute atomic E-state index is 0.474. The summed E-state index contributed by atoms with van der Waals surface area (Å²) in [6, 6.07) is 7.64. The van der Waals surface area contributed by atoms with Crippen molar-refractivity contribution in [2.45, 2.75) is 44.6 Å². The van der Waals surface area contributed by atoms with Crippen LogP contribution < -0.4 is 10.5 Å². The summed E-state index contributed by atoms with van der Waals surface area (Å²) in [6.45, 7) is 2.68. The van der Waals surface area contributed by atoms with Crippen LogP contribution in [-0.2, 0) is 4.74 Å². The van der Waals surface area contributed by atoms with Gasteiger partial charge in [-0.2, -0.15) is 0 Å². The smallest absolute Gasteiger partial charge is 0.119 e. The molecule has 25 heavy (non-hydrogen) atoms. The Labute approximate surface area is 151 Å². The van der Waals surface area contributed by atoms with Gasteiger partial charge in [0.1, 0.15) is 5.75 Å². The molecule has 0 bridgehead atoms. The normalized spacial score (nSPS) is 15.0. The van der Waals surface area contributed by atoms with Crippen LogP contribution in [0.25, 0.3) is 0 Å². The van der Waals surface area contributed by atoms with Gasteiger partial charge in [0.15, 0.2) is 0 Å². The number of nitrogens with two attached hydrogens (primary N) is 1. The van der Waals surface area contributed by atoms with Gasteiger partial charge in [-0.3, -0.25) is 0 Å². The topological polar surface area (TPSA) is 64.7 Å². The molecular formula is C21H31NO3. The van der Waals surface area contributed by atoms with Crippen LogP contribution in [0.3, 0.4) is 0 Å². The molecule has 0 spiro atoms. The number of hydrogen-bond acceptors (Lipinski definition) is 4. The highest BCUT2D eigenvalue weighted by Gasteiger charge is 2.07. The molecule has 4 nitrogen and oxygen atoms in total. The fraction of sp³-hybridized carbons (Fsp3) is 0.524. The molecule has 0 aliphatic heterocycles. The first-order valence-corrected chi connectivity index (χ1v) is 9.34. The molecular weight excluding hydrogens is 314 g/mol. The van der Waals surface area contributed by atoms with E-state index < -0.39 is 6.10 Å². The van der Waals surface area contributed by atoms with Crippen LogP contribution in [0.2, 0.25) is 0 Å². The first-order chi connectivity index (χ1) is 12.3. The molecule has 1 aromatic carbocycles. The Kier molecular flexibility index (Phi) is 9.34. The maximum absolute atomic E-state index is 9.97. The van der Waals surface area contributed by atoms with E-state index in [0.29, 0.717) is 19.6 Å². The molecule has 0 aromatic heterocycles. The van der Waals surface area contributed by atoms with Crippen LogP contribution >= 0.6 is 0 Å². The number of allylic oxidation sites excluding steroid dienone is 2. The average molecular weight is 345 g/mol. The third kappa shape index (κ3) is 7.86. The number of ether oxygens (including phenoxy) is 2. The Morgan fingerprint density at radius 2 is 2.00 bits per heavy atom. The van der Waals surface area contributed by atoms with E-state index in [2.05, 4.69) is 18.2 Å². The summed E-state index contributed by atoms with van der Waals surface area (Å²) < 4.78 is 11.5. The summed E-state index contributed by atoms with van der Waals surface area (Å²) in [5, 5.41) is 9.97. The highest BCUT2D eigenvalue weighted by atomic mass is 16.5. The van der Waals surface area contributed by atoms with Gasteiger partial charge in [-0.05, 0) is 68.3 Å². The maximum atomic E-state index is 9.97. The summed E-state index contributed by atoms with van der Waals surface area (Å²) in [5.41, 5.74) is 7.65. The molecule has 0 saturated carbocycles. The highest BCUT2D eigenvalue weighted by molar-refractivity contribution is 5.29. The van der Waals surface area contributed by atoms with Crippen molar-refractivity contribution in [3.63, 3.8) is 0 Å². The molecule has 1 atom stereocenters. The van der Waals surface area contributed by atoms with Crippen molar-refractivity contribution >= 4 is 0 Å². The van der Waals surface area contributed by atoms with E-state index in [1.54, 1.807) is 0 Å². The standard InChI is InChI=1S/C21H31NO3/c22-13-12-21(23)19-10-7-11-20(16-19)25-15-6-2-5-14-24-17-18-8-3-1-4-9-18/h3,7-11,16,21,23H,1-2,4-6,12-15,17,22H2. The van der Waals surface area contributed by atoms with Crippen LogP contribution in [0.1, 0.15) is 50.2 Å². The quantitative estimate of drug-likeness (QED) is 0.564. The van der Waals surface area contributed by atoms with Crippen molar-refractivity contribution in [2.24, 2.45) is 5.73 Å². The molecule has 1 unspecified atom stereocenters. The fourth-order valence-electron chi connectivity index (χ4n) is 2.77. The molecule has 0 heterocycles. The lowest BCUT2D eigenvalue weighted by Gasteiger charge is -2.12. The summed E-state index contributed by atoms with van der Waals surface area (Å²) in [7, 11) is 0. The molecule has 0 radical (unpaired) electrons. The zero-order valence-electron chi connectivity index (χ0n) is 15.0. The average Bonchev–Trinajstić information content (AvgIpc) is 2.65. The van der Waals surface area contributed by atoms with E-state index in [-0.39, 0.29) is 0 Å². The van der Waals surface area contributed by atoms with Gasteiger partial charge in [0.2, 0.25) is 0 Å². The second kappa shape index (κ2) is 11.9. The molecule has 1 aromatic rings. The van der Waals surface area contributed by atoms with E-state index >= 15 is 0 Å². The highest BCUT2D eigenvalue weighted by Crippen LogP contribution is 2.21. The monoisotopic (exact) mass is 345 g/mol. The third-order valence-corrected chi connectivity index (χ3v) is 4.23. The van der Waals surface area contributed by atoms with Gasteiger partial charge in [0.05, 0.1) is 19.3 Å². The first-order valence-electron chi connectivity index (χ1n) is 9.34. The minimum atomic E-state index is -0.514. The second-order valence-corrected chi connectivity index (χ2v) is 6.39. The van der Waals surface area contributed by atoms with Crippen molar-refractivity contribution in [3.05, 3.63) is 53.6 Å². The van der Waals surface area contributed by atoms with Gasteiger partial charge < -0.3 is 20.3 Å². The number of rotatable bonds is 12. The van der Waals surface area contributed by atoms with E-state index in [9.17, 15) is 5.11 Å². The van der Waals surface area contributed by atoms with Gasteiger partial charge in [0.25, 0.3) is 0 Å². The van der Waals surface area contributed by atoms with E-state index in [1.807, 2.05) is 24.3 Å². The number of unbranched alkanes of at least 4 members (excludes halogenated alkanes) is 2. The Morgan fingerprint density at radius 1 is 1.12 bits per heavy atom. The lowest BCUT2D eigenvalue weighted by atomic mass is 10.1. The van der Waals surface area contributed by atoms with Gasteiger partial charge in [0, 0.05) is 6.61 Å². The van der Waals surface area contributed by atoms with Crippen LogP contribution in [-0.4, -0.2) is 31.5 Å². The summed E-state index contributed by atoms with van der Waals surface area (Å²) in [6.07, 6.45) is 12.1. The molecule has 4 heteroatoms. The number of aliphatic hydroxyl groups excluding tert-OH is 1. The van der Waals surface area contributed by atoms with Gasteiger partial charge >= 0.3 is 0 Å². The molecule has 0 amide bonds. The molecule has 3 N–H and O–H groups in total. The Morgan fingerprint density at radius 3 is 2.80 bits per heavy atom. The van der Waals surface area contributed by atoms with Crippen molar-refractivity contribution in [3.8, 4) is 5.75 Å². The zero-order valence-corrected chi connectivity index (χ0v) is 15.0. The largest absolute Gasteiger partial charge is 0.494 e. The molecule has 0 fully saturated rings. The van der Waals surface area contributed by atoms with Gasteiger partial charge in [-0.1, -0.05) is 30.4 Å². The molecule has 0 saturated heterocycles. The molecule has 1 aliphatic rings. The molecule has 138 valence electrons. The molecule has 1 aliphatic carbocycles. The van der Waals surface area contributed by atoms with Gasteiger partial charge in [-0.15, -0.1) is 0 Å². The lowest BCUT2D eigenvalue weighted by Crippen LogP contribution is -2.07. The minimum Gasteiger partial charge on any atom is -0.494 e. The van der Waals surface area contributed by atoms with Crippen molar-refractivity contribution in [2.75, 3.05) is 26.4 Å². The van der Waals surface area contributed by atoms with Crippen LogP contribution in [0.15, 0.2) is 48.1 Å². The van der Waals surface area contributed by atoms with E-state index in [0.717, 1.165) is 56.6 Å². The second-order valence-electron chi connectivity index (χ2n) is 6.39. The Bertz CT molecular complexity index is 554. The van der Waals surface area contributed by atoms with Gasteiger partial charge in [-0.25, -0.2) is 0 Å². The summed E-state index contributed by atoms with van der Waals surface area (Å²) in [5.74, 6) is 0.806. The molecule has 2 rings (SSSR count). The van der Waals surface area contributed by atoms with Crippen molar-refractivity contribution < 1.29 is 14.6 Å². The summed E-state index contributed by atoms with van der Waals surface area (Å²) in [4.78, 5) is 0. The van der Waals surface area contributed by atoms with Crippen LogP contribution in [0, 0.1) is 0 Å². The lowest BCUT2D eigenvalue weighted by molar-refractivity contribution is 0.151. The SMILES string of the molecule is NCCC(O)c1cccc(OCCCCCOCC2=CCCC=C2)c1. The van der Waals surface area contributed by atoms with Crippen LogP contribution in [0.5, 0.6) is 5.75 Å². The summed E-state index contributed by atoms with van der Waals surface area (Å²) >= 11 is 0. The predicted molar refractivity (Wildman–Crippen MR) is 102 cm³/mol. The zero-order chi connectivity index (χ0) is 17.7. The fourth-order valence-corrected chi connectivity index (χ4v) is 2.77. The predicted octanol–water partition coefficient (Wildman–Crippen LogP) is 3.91. The Hall–Kier alpha value is -1.62. The van der Waals surface area contributed by atoms with E-state index in [1.165, 1.54) is 5.57 Å². The third-order valence-electron chi connectivity index (χ3n) is 4.23. The number of benzene rings is 1. The first kappa shape index (κ1) is 19.7. The number of aliphatic hydroxyl groups is 1.